The average Bonchev–Trinajstić information content (AvgIpc) is 2.33. The van der Waals surface area contributed by atoms with Gasteiger partial charge in [-0.3, -0.25) is 4.79 Å². The second-order valence-corrected chi connectivity index (χ2v) is 5.29. The number of carbonyl (C=O) groups is 1. The molecule has 4 heteroatoms. The molecule has 0 heterocycles. The quantitative estimate of drug-likeness (QED) is 0.739. The van der Waals surface area contributed by atoms with Gasteiger partial charge in [-0.05, 0) is 49.2 Å². The number of hydrogen-bond acceptors (Lipinski definition) is 1. The standard InChI is InChI=1S/C15H11BrF2O/c1-8-5-10(16)3-4-11(8)15(19)12-6-9(2)13(17)7-14(12)18/h3-7H,1-2H3. The van der Waals surface area contributed by atoms with Crippen LogP contribution < -0.4 is 0 Å². The Morgan fingerprint density at radius 3 is 2.26 bits per heavy atom. The molecule has 2 rings (SSSR count). The van der Waals surface area contributed by atoms with E-state index in [0.717, 1.165) is 16.1 Å². The van der Waals surface area contributed by atoms with Gasteiger partial charge in [-0.2, -0.15) is 0 Å². The molecular weight excluding hydrogens is 314 g/mol. The molecule has 0 spiro atoms. The summed E-state index contributed by atoms with van der Waals surface area (Å²) >= 11 is 3.30. The summed E-state index contributed by atoms with van der Waals surface area (Å²) in [5.74, 6) is -1.93. The van der Waals surface area contributed by atoms with Crippen LogP contribution in [0, 0.1) is 25.5 Å². The molecule has 0 unspecified atom stereocenters. The summed E-state index contributed by atoms with van der Waals surface area (Å²) in [5.41, 5.74) is 1.29. The molecule has 0 atom stereocenters. The van der Waals surface area contributed by atoms with Crippen molar-refractivity contribution in [2.75, 3.05) is 0 Å². The highest BCUT2D eigenvalue weighted by molar-refractivity contribution is 9.10. The SMILES string of the molecule is Cc1cc(C(=O)c2ccc(Br)cc2C)c(F)cc1F. The van der Waals surface area contributed by atoms with Crippen molar-refractivity contribution < 1.29 is 13.6 Å². The minimum atomic E-state index is -0.838. The fourth-order valence-corrected chi connectivity index (χ4v) is 2.33. The van der Waals surface area contributed by atoms with Crippen molar-refractivity contribution in [1.82, 2.24) is 0 Å². The van der Waals surface area contributed by atoms with Crippen LogP contribution in [0.5, 0.6) is 0 Å². The number of rotatable bonds is 2. The molecule has 2 aromatic carbocycles. The smallest absolute Gasteiger partial charge is 0.196 e. The molecule has 0 amide bonds. The third-order valence-electron chi connectivity index (χ3n) is 2.93. The zero-order chi connectivity index (χ0) is 14.2. The van der Waals surface area contributed by atoms with E-state index in [-0.39, 0.29) is 11.1 Å². The number of carbonyl (C=O) groups excluding carboxylic acids is 1. The number of aryl methyl sites for hydroxylation is 2. The number of halogens is 3. The molecule has 0 aliphatic rings. The van der Waals surface area contributed by atoms with Gasteiger partial charge in [0.15, 0.2) is 5.78 Å². The van der Waals surface area contributed by atoms with Gasteiger partial charge in [-0.25, -0.2) is 8.78 Å². The Balaban J connectivity index is 2.53. The van der Waals surface area contributed by atoms with Crippen molar-refractivity contribution in [3.05, 3.63) is 68.7 Å². The van der Waals surface area contributed by atoms with Crippen LogP contribution in [-0.2, 0) is 0 Å². The third kappa shape index (κ3) is 2.73. The summed E-state index contributed by atoms with van der Waals surface area (Å²) in [6.45, 7) is 3.27. The van der Waals surface area contributed by atoms with Gasteiger partial charge >= 0.3 is 0 Å². The summed E-state index contributed by atoms with van der Waals surface area (Å²) in [6.07, 6.45) is 0. The molecule has 98 valence electrons. The van der Waals surface area contributed by atoms with E-state index in [9.17, 15) is 13.6 Å². The summed E-state index contributed by atoms with van der Waals surface area (Å²) in [6, 6.07) is 7.11. The summed E-state index contributed by atoms with van der Waals surface area (Å²) < 4.78 is 27.8. The fourth-order valence-electron chi connectivity index (χ4n) is 1.86. The fraction of sp³-hybridized carbons (Fsp3) is 0.133. The number of benzene rings is 2. The minimum Gasteiger partial charge on any atom is -0.288 e. The Bertz CT molecular complexity index is 665. The first-order valence-corrected chi connectivity index (χ1v) is 6.46. The molecule has 0 aromatic heterocycles. The predicted molar refractivity (Wildman–Crippen MR) is 73.4 cm³/mol. The molecule has 1 nitrogen and oxygen atoms in total. The van der Waals surface area contributed by atoms with Gasteiger partial charge in [-0.15, -0.1) is 0 Å². The lowest BCUT2D eigenvalue weighted by Gasteiger charge is -2.08. The molecule has 0 saturated carbocycles. The zero-order valence-electron chi connectivity index (χ0n) is 10.4. The van der Waals surface area contributed by atoms with Crippen molar-refractivity contribution in [3.8, 4) is 0 Å². The highest BCUT2D eigenvalue weighted by Gasteiger charge is 2.17. The van der Waals surface area contributed by atoms with Crippen molar-refractivity contribution >= 4 is 21.7 Å². The molecule has 0 aliphatic heterocycles. The first-order valence-electron chi connectivity index (χ1n) is 5.66. The second-order valence-electron chi connectivity index (χ2n) is 4.37. The Morgan fingerprint density at radius 2 is 1.63 bits per heavy atom. The summed E-state index contributed by atoms with van der Waals surface area (Å²) in [5, 5.41) is 0. The molecule has 2 aromatic rings. The monoisotopic (exact) mass is 324 g/mol. The molecule has 0 bridgehead atoms. The Labute approximate surface area is 118 Å². The Morgan fingerprint density at radius 1 is 0.947 bits per heavy atom. The van der Waals surface area contributed by atoms with Crippen LogP contribution in [0.4, 0.5) is 8.78 Å². The minimum absolute atomic E-state index is 0.107. The zero-order valence-corrected chi connectivity index (χ0v) is 12.0. The Kier molecular flexibility index (Phi) is 3.80. The average molecular weight is 325 g/mol. The highest BCUT2D eigenvalue weighted by atomic mass is 79.9. The van der Waals surface area contributed by atoms with Crippen LogP contribution in [-0.4, -0.2) is 5.78 Å². The van der Waals surface area contributed by atoms with Gasteiger partial charge in [0.05, 0.1) is 5.56 Å². The van der Waals surface area contributed by atoms with Gasteiger partial charge in [0.1, 0.15) is 11.6 Å². The molecule has 0 N–H and O–H groups in total. The number of hydrogen-bond donors (Lipinski definition) is 0. The molecule has 0 saturated heterocycles. The van der Waals surface area contributed by atoms with E-state index in [4.69, 9.17) is 0 Å². The molecule has 0 fully saturated rings. The molecule has 0 radical (unpaired) electrons. The van der Waals surface area contributed by atoms with Crippen LogP contribution in [0.15, 0.2) is 34.8 Å². The maximum Gasteiger partial charge on any atom is 0.196 e. The van der Waals surface area contributed by atoms with E-state index in [1.165, 1.54) is 13.0 Å². The molecule has 19 heavy (non-hydrogen) atoms. The van der Waals surface area contributed by atoms with Crippen LogP contribution in [0.2, 0.25) is 0 Å². The first-order chi connectivity index (χ1) is 8.90. The van der Waals surface area contributed by atoms with Gasteiger partial charge in [0, 0.05) is 16.1 Å². The van der Waals surface area contributed by atoms with Crippen LogP contribution in [0.3, 0.4) is 0 Å². The highest BCUT2D eigenvalue weighted by Crippen LogP contribution is 2.22. The topological polar surface area (TPSA) is 17.1 Å². The van der Waals surface area contributed by atoms with E-state index in [1.54, 1.807) is 25.1 Å². The van der Waals surface area contributed by atoms with Crippen molar-refractivity contribution in [2.45, 2.75) is 13.8 Å². The lowest BCUT2D eigenvalue weighted by molar-refractivity contribution is 0.103. The Hall–Kier alpha value is -1.55. The van der Waals surface area contributed by atoms with Crippen LogP contribution >= 0.6 is 15.9 Å². The lowest BCUT2D eigenvalue weighted by Crippen LogP contribution is -2.07. The van der Waals surface area contributed by atoms with E-state index in [1.807, 2.05) is 0 Å². The maximum absolute atomic E-state index is 13.7. The summed E-state index contributed by atoms with van der Waals surface area (Å²) in [4.78, 5) is 12.3. The van der Waals surface area contributed by atoms with E-state index >= 15 is 0 Å². The summed E-state index contributed by atoms with van der Waals surface area (Å²) in [7, 11) is 0. The van der Waals surface area contributed by atoms with Crippen LogP contribution in [0.25, 0.3) is 0 Å². The van der Waals surface area contributed by atoms with Crippen molar-refractivity contribution in [3.63, 3.8) is 0 Å². The van der Waals surface area contributed by atoms with E-state index in [2.05, 4.69) is 15.9 Å². The third-order valence-corrected chi connectivity index (χ3v) is 3.42. The second kappa shape index (κ2) is 5.21. The predicted octanol–water partition coefficient (Wildman–Crippen LogP) is 4.58. The van der Waals surface area contributed by atoms with Gasteiger partial charge in [0.2, 0.25) is 0 Å². The normalized spacial score (nSPS) is 10.6. The van der Waals surface area contributed by atoms with Crippen molar-refractivity contribution in [1.29, 1.82) is 0 Å². The largest absolute Gasteiger partial charge is 0.288 e. The lowest BCUT2D eigenvalue weighted by atomic mass is 9.97. The van der Waals surface area contributed by atoms with E-state index in [0.29, 0.717) is 5.56 Å². The van der Waals surface area contributed by atoms with Gasteiger partial charge < -0.3 is 0 Å². The van der Waals surface area contributed by atoms with E-state index < -0.39 is 17.4 Å². The first kappa shape index (κ1) is 13.9. The molecule has 0 aliphatic carbocycles. The van der Waals surface area contributed by atoms with Gasteiger partial charge in [-0.1, -0.05) is 15.9 Å². The maximum atomic E-state index is 13.7. The number of ketones is 1. The molecular formula is C15H11BrF2O. The van der Waals surface area contributed by atoms with Crippen LogP contribution in [0.1, 0.15) is 27.0 Å². The van der Waals surface area contributed by atoms with Gasteiger partial charge in [0.25, 0.3) is 0 Å². The van der Waals surface area contributed by atoms with Crippen molar-refractivity contribution in [2.24, 2.45) is 0 Å².